The van der Waals surface area contributed by atoms with Crippen molar-refractivity contribution in [3.05, 3.63) is 102 Å². The van der Waals surface area contributed by atoms with Crippen molar-refractivity contribution in [1.29, 1.82) is 5.41 Å². The lowest BCUT2D eigenvalue weighted by Gasteiger charge is -2.35. The number of likely N-dealkylation sites (tertiary alicyclic amines) is 1. The summed E-state index contributed by atoms with van der Waals surface area (Å²) in [7, 11) is 6.53. The van der Waals surface area contributed by atoms with Crippen LogP contribution in [0.3, 0.4) is 0 Å². The third-order valence-corrected chi connectivity index (χ3v) is 16.6. The molecule has 1 unspecified atom stereocenters. The van der Waals surface area contributed by atoms with Gasteiger partial charge in [-0.05, 0) is 67.5 Å². The number of thiol groups is 1. The van der Waals surface area contributed by atoms with E-state index in [0.717, 1.165) is 14.7 Å². The first-order chi connectivity index (χ1) is 45.9. The molecular formula is C64H92N16O16S. The summed E-state index contributed by atoms with van der Waals surface area (Å²) in [6.45, 7) is 0.387. The standard InChI is InChI=1S/C64H92N16O16S/c1-37(2)54(75-56(89)43(68-3)31-53(86)87)63(96)79(7)49(35-81)57(90)71-33-51(84)72-42(20-14-26-69-64(66)67)59(92)77(5)47(29-38-16-10-8-11-17-38)61(94)76(4)34-52(85)73-44(28-40-22-24-41(82)25-23-40)60(93)78(6)48(30-39-18-12-9-13-19-39)62(95)80-27-15-21-46(80)58(91)74-45(36-97)55(88)70-32-50(65)83/h8-13,16-19,22-25,37,42-49,54,68,81-82,97H,14-15,20-21,26-36H2,1-7H3,(H2,65,83)(H,70,88)(H,71,90)(H,72,84)(H,73,85)(H,74,91)(H,75,89)(H,86,87)(H4,66,67,69)/t42-,43-,44-,45-,46-,47-,48-,49-,54?/m0/s1. The fourth-order valence-electron chi connectivity index (χ4n) is 10.7. The molecule has 0 aromatic heterocycles. The van der Waals surface area contributed by atoms with E-state index in [9.17, 15) is 72.9 Å². The number of carboxylic acid groups (broad SMARTS) is 1. The van der Waals surface area contributed by atoms with Gasteiger partial charge in [0.15, 0.2) is 5.96 Å². The highest BCUT2D eigenvalue weighted by Crippen LogP contribution is 2.24. The Labute approximate surface area is 568 Å². The number of carbonyl (C=O) groups excluding carboxylic acids is 12. The second-order valence-corrected chi connectivity index (χ2v) is 24.1. The van der Waals surface area contributed by atoms with Gasteiger partial charge >= 0.3 is 5.97 Å². The number of aliphatic hydroxyl groups excluding tert-OH is 1. The molecule has 1 aliphatic heterocycles. The number of hydrogen-bond donors (Lipinski definition) is 15. The normalized spacial score (nSPS) is 15.0. The Morgan fingerprint density at radius 2 is 1.18 bits per heavy atom. The first-order valence-corrected chi connectivity index (χ1v) is 32.0. The molecule has 33 heteroatoms. The second-order valence-electron chi connectivity index (χ2n) is 23.7. The molecule has 0 aliphatic carbocycles. The highest BCUT2D eigenvalue weighted by Gasteiger charge is 2.43. The van der Waals surface area contributed by atoms with E-state index in [0.29, 0.717) is 23.1 Å². The summed E-state index contributed by atoms with van der Waals surface area (Å²) in [4.78, 5) is 183. The zero-order chi connectivity index (χ0) is 72.2. The van der Waals surface area contributed by atoms with Crippen molar-refractivity contribution in [2.75, 3.05) is 80.3 Å². The topological polar surface area (TPSA) is 471 Å². The number of phenolic OH excluding ortho intramolecular Hbond substituents is 1. The Bertz CT molecular complexity index is 3240. The Kier molecular flexibility index (Phi) is 32.2. The van der Waals surface area contributed by atoms with Crippen LogP contribution in [0, 0.1) is 11.3 Å². The van der Waals surface area contributed by atoms with E-state index in [1.807, 2.05) is 0 Å². The van der Waals surface area contributed by atoms with Crippen molar-refractivity contribution < 1.29 is 77.6 Å². The average Bonchev–Trinajstić information content (AvgIpc) is 1.82. The van der Waals surface area contributed by atoms with Gasteiger partial charge in [0.2, 0.25) is 70.9 Å². The molecule has 16 N–H and O–H groups in total. The molecule has 3 aromatic rings. The average molecular weight is 1370 g/mol. The number of amides is 12. The van der Waals surface area contributed by atoms with Crippen molar-refractivity contribution in [1.82, 2.24) is 67.0 Å². The van der Waals surface area contributed by atoms with Gasteiger partial charge in [-0.3, -0.25) is 67.7 Å². The van der Waals surface area contributed by atoms with Crippen molar-refractivity contribution in [3.63, 3.8) is 0 Å². The number of aliphatic carboxylic acids is 1. The largest absolute Gasteiger partial charge is 0.508 e. The number of likely N-dealkylation sites (N-methyl/N-ethyl adjacent to an activating group) is 5. The number of phenols is 1. The summed E-state index contributed by atoms with van der Waals surface area (Å²) in [5.74, 6) is -12.2. The van der Waals surface area contributed by atoms with E-state index in [-0.39, 0.29) is 69.1 Å². The molecule has 1 fully saturated rings. The van der Waals surface area contributed by atoms with Crippen LogP contribution in [0.5, 0.6) is 5.75 Å². The van der Waals surface area contributed by atoms with E-state index in [1.54, 1.807) is 74.5 Å². The molecule has 97 heavy (non-hydrogen) atoms. The fraction of sp³-hybridized carbons (Fsp3) is 0.500. The molecule has 4 rings (SSSR count). The molecule has 1 saturated heterocycles. The zero-order valence-corrected chi connectivity index (χ0v) is 56.3. The fourth-order valence-corrected chi connectivity index (χ4v) is 11.0. The first kappa shape index (κ1) is 79.5. The number of rotatable bonds is 38. The van der Waals surface area contributed by atoms with E-state index in [1.165, 1.54) is 69.3 Å². The molecule has 32 nitrogen and oxygen atoms in total. The number of aromatic hydroxyl groups is 1. The van der Waals surface area contributed by atoms with Crippen LogP contribution in [0.1, 0.15) is 62.6 Å². The van der Waals surface area contributed by atoms with Crippen LogP contribution in [0.4, 0.5) is 0 Å². The van der Waals surface area contributed by atoms with Crippen LogP contribution in [0.25, 0.3) is 0 Å². The first-order valence-electron chi connectivity index (χ1n) is 31.4. The van der Waals surface area contributed by atoms with Crippen molar-refractivity contribution in [2.24, 2.45) is 17.4 Å². The molecule has 12 amide bonds. The van der Waals surface area contributed by atoms with Gasteiger partial charge in [0, 0.05) is 66.3 Å². The minimum absolute atomic E-state index is 0.0566. The van der Waals surface area contributed by atoms with E-state index in [2.05, 4.69) is 55.2 Å². The van der Waals surface area contributed by atoms with Crippen LogP contribution in [-0.2, 0) is 81.6 Å². The van der Waals surface area contributed by atoms with Crippen LogP contribution < -0.4 is 54.0 Å². The number of nitrogens with two attached hydrogens (primary N) is 2. The minimum Gasteiger partial charge on any atom is -0.508 e. The predicted octanol–water partition coefficient (Wildman–Crippen LogP) is -4.09. The summed E-state index contributed by atoms with van der Waals surface area (Å²) < 4.78 is 0. The SMILES string of the molecule is CN[C@@H](CC(=O)O)C(=O)NC(C(=O)N(C)[C@@H](CO)C(=O)NCC(=O)N[C@@H](CCCNC(=N)N)C(=O)N(C)[C@@H](Cc1ccccc1)C(=O)N(C)CC(=O)N[C@@H](Cc1ccc(O)cc1)C(=O)N(C)[C@@H](Cc1ccccc1)C(=O)N1CCC[C@H]1C(=O)N[C@@H](CS)C(=O)NCC(N)=O)C(C)C. The van der Waals surface area contributed by atoms with Crippen molar-refractivity contribution in [2.45, 2.75) is 120 Å². The number of carboxylic acids is 1. The van der Waals surface area contributed by atoms with E-state index < -0.39 is 170 Å². The maximum Gasteiger partial charge on any atom is 0.305 e. The molecule has 1 heterocycles. The zero-order valence-electron chi connectivity index (χ0n) is 55.4. The van der Waals surface area contributed by atoms with Gasteiger partial charge < -0.3 is 93.8 Å². The summed E-state index contributed by atoms with van der Waals surface area (Å²) >= 11 is 4.20. The lowest BCUT2D eigenvalue weighted by molar-refractivity contribution is -0.149. The summed E-state index contributed by atoms with van der Waals surface area (Å²) in [6.07, 6.45) is -0.421. The quantitative estimate of drug-likeness (QED) is 0.0112. The molecule has 0 saturated carbocycles. The molecule has 0 bridgehead atoms. The highest BCUT2D eigenvalue weighted by molar-refractivity contribution is 7.80. The molecular weight excluding hydrogens is 1280 g/mol. The summed E-state index contributed by atoms with van der Waals surface area (Å²) in [6, 6.07) is 11.1. The molecule has 1 aliphatic rings. The minimum atomic E-state index is -1.61. The van der Waals surface area contributed by atoms with Gasteiger partial charge in [0.25, 0.3) is 0 Å². The van der Waals surface area contributed by atoms with Crippen molar-refractivity contribution in [3.8, 4) is 5.75 Å². The molecule has 9 atom stereocenters. The monoisotopic (exact) mass is 1370 g/mol. The number of benzene rings is 3. The highest BCUT2D eigenvalue weighted by atomic mass is 32.1. The smallest absolute Gasteiger partial charge is 0.305 e. The van der Waals surface area contributed by atoms with Crippen LogP contribution in [0.15, 0.2) is 84.9 Å². The number of carbonyl (C=O) groups is 13. The third-order valence-electron chi connectivity index (χ3n) is 16.2. The van der Waals surface area contributed by atoms with Gasteiger partial charge in [-0.1, -0.05) is 86.6 Å². The van der Waals surface area contributed by atoms with Crippen molar-refractivity contribution >= 4 is 95.4 Å². The van der Waals surface area contributed by atoms with Gasteiger partial charge in [-0.2, -0.15) is 12.6 Å². The Balaban J connectivity index is 1.61. The summed E-state index contributed by atoms with van der Waals surface area (Å²) in [5, 5.41) is 57.7. The molecule has 0 spiro atoms. The van der Waals surface area contributed by atoms with Crippen LogP contribution in [0.2, 0.25) is 0 Å². The lowest BCUT2D eigenvalue weighted by atomic mass is 10.00. The molecule has 530 valence electrons. The van der Waals surface area contributed by atoms with E-state index >= 15 is 4.79 Å². The van der Waals surface area contributed by atoms with Gasteiger partial charge in [0.1, 0.15) is 54.1 Å². The maximum absolute atomic E-state index is 15.1. The summed E-state index contributed by atoms with van der Waals surface area (Å²) in [5.41, 5.74) is 12.4. The predicted molar refractivity (Wildman–Crippen MR) is 357 cm³/mol. The number of hydrogen-bond acceptors (Lipinski definition) is 18. The number of nitrogens with zero attached hydrogens (tertiary/aromatic N) is 5. The molecule has 0 radical (unpaired) electrons. The van der Waals surface area contributed by atoms with Crippen LogP contribution >= 0.6 is 12.6 Å². The number of guanidine groups is 1. The number of nitrogens with one attached hydrogen (secondary N) is 9. The van der Waals surface area contributed by atoms with Crippen LogP contribution in [-0.4, -0.2) is 257 Å². The second kappa shape index (κ2) is 39.2. The Morgan fingerprint density at radius 3 is 1.72 bits per heavy atom. The van der Waals surface area contributed by atoms with Gasteiger partial charge in [-0.15, -0.1) is 0 Å². The number of aliphatic hydroxyl groups is 1. The van der Waals surface area contributed by atoms with Gasteiger partial charge in [-0.25, -0.2) is 0 Å². The number of primary amides is 1. The Hall–Kier alpha value is -9.89. The van der Waals surface area contributed by atoms with Gasteiger partial charge in [0.05, 0.1) is 38.7 Å². The Morgan fingerprint density at radius 1 is 0.629 bits per heavy atom. The maximum atomic E-state index is 15.1. The van der Waals surface area contributed by atoms with E-state index in [4.69, 9.17) is 16.9 Å². The lowest BCUT2D eigenvalue weighted by Crippen LogP contribution is -2.60. The third kappa shape index (κ3) is 24.7. The molecule has 3 aromatic carbocycles.